The molecule has 0 saturated carbocycles. The van der Waals surface area contributed by atoms with Gasteiger partial charge < -0.3 is 4.74 Å². The first kappa shape index (κ1) is 17.2. The highest BCUT2D eigenvalue weighted by molar-refractivity contribution is 6.02. The predicted octanol–water partition coefficient (Wildman–Crippen LogP) is 0.666. The number of nitrogens with zero attached hydrogens (tertiary/aromatic N) is 1. The van der Waals surface area contributed by atoms with Crippen molar-refractivity contribution < 1.29 is 14.3 Å². The predicted molar refractivity (Wildman–Crippen MR) is 86.0 cm³/mol. The van der Waals surface area contributed by atoms with Gasteiger partial charge in [-0.2, -0.15) is 0 Å². The summed E-state index contributed by atoms with van der Waals surface area (Å²) in [5.41, 5.74) is -0.815. The molecule has 0 atom stereocenters. The molecule has 2 N–H and O–H groups in total. The molecule has 0 aliphatic carbocycles. The molecule has 0 fully saturated rings. The largest absolute Gasteiger partial charge is 0.450 e. The van der Waals surface area contributed by atoms with Gasteiger partial charge in [0.05, 0.1) is 6.61 Å². The molecule has 0 bridgehead atoms. The molecule has 8 heteroatoms. The van der Waals surface area contributed by atoms with Gasteiger partial charge in [-0.05, 0) is 18.9 Å². The Morgan fingerprint density at radius 1 is 1.21 bits per heavy atom. The van der Waals surface area contributed by atoms with Gasteiger partial charge in [0.2, 0.25) is 0 Å². The fourth-order valence-electron chi connectivity index (χ4n) is 2.06. The number of imide groups is 1. The van der Waals surface area contributed by atoms with Crippen LogP contribution in [0, 0.1) is 0 Å². The van der Waals surface area contributed by atoms with Crippen LogP contribution in [-0.4, -0.2) is 28.2 Å². The van der Waals surface area contributed by atoms with Crippen molar-refractivity contribution >= 4 is 12.0 Å². The maximum absolute atomic E-state index is 11.9. The van der Waals surface area contributed by atoms with E-state index in [2.05, 4.69) is 9.72 Å². The Bertz CT molecular complexity index is 839. The molecule has 0 spiro atoms. The summed E-state index contributed by atoms with van der Waals surface area (Å²) in [7, 11) is 0. The molecule has 0 aliphatic heterocycles. The summed E-state index contributed by atoms with van der Waals surface area (Å²) in [6.45, 7) is 1.95. The Hall–Kier alpha value is -3.16. The summed E-state index contributed by atoms with van der Waals surface area (Å²) in [4.78, 5) is 48.9. The van der Waals surface area contributed by atoms with Crippen LogP contribution in [0.3, 0.4) is 0 Å². The molecular formula is C16H17N3O5. The van der Waals surface area contributed by atoms with Gasteiger partial charge in [0.15, 0.2) is 0 Å². The van der Waals surface area contributed by atoms with Crippen molar-refractivity contribution in [3.05, 3.63) is 68.5 Å². The van der Waals surface area contributed by atoms with Crippen LogP contribution in [0.2, 0.25) is 0 Å². The third kappa shape index (κ3) is 4.42. The Kier molecular flexibility index (Phi) is 5.67. The van der Waals surface area contributed by atoms with Crippen molar-refractivity contribution in [3.8, 4) is 0 Å². The number of carbonyl (C=O) groups excluding carboxylic acids is 2. The molecule has 0 aliphatic rings. The minimum Gasteiger partial charge on any atom is -0.450 e. The second kappa shape index (κ2) is 7.91. The van der Waals surface area contributed by atoms with Crippen LogP contribution >= 0.6 is 0 Å². The monoisotopic (exact) mass is 331 g/mol. The average molecular weight is 331 g/mol. The molecule has 8 nitrogen and oxygen atoms in total. The molecule has 1 aromatic heterocycles. The van der Waals surface area contributed by atoms with Gasteiger partial charge in [-0.3, -0.25) is 24.5 Å². The zero-order valence-electron chi connectivity index (χ0n) is 13.1. The molecular weight excluding hydrogens is 314 g/mol. The lowest BCUT2D eigenvalue weighted by Gasteiger charge is -2.08. The Morgan fingerprint density at radius 3 is 2.58 bits per heavy atom. The molecule has 2 rings (SSSR count). The summed E-state index contributed by atoms with van der Waals surface area (Å²) in [5.74, 6) is -0.928. The van der Waals surface area contributed by atoms with Crippen molar-refractivity contribution in [2.45, 2.75) is 19.9 Å². The molecule has 1 heterocycles. The van der Waals surface area contributed by atoms with Crippen LogP contribution in [-0.2, 0) is 17.7 Å². The summed E-state index contributed by atoms with van der Waals surface area (Å²) >= 11 is 0. The SMILES string of the molecule is CCOC(=O)NC(=O)c1cn(CCc2ccccc2)c(=O)[nH]c1=O. The smallest absolute Gasteiger partial charge is 0.414 e. The van der Waals surface area contributed by atoms with E-state index in [1.165, 1.54) is 4.57 Å². The Labute approximate surface area is 137 Å². The fourth-order valence-corrected chi connectivity index (χ4v) is 2.06. The van der Waals surface area contributed by atoms with Gasteiger partial charge in [-0.25, -0.2) is 9.59 Å². The number of aromatic nitrogens is 2. The summed E-state index contributed by atoms with van der Waals surface area (Å²) in [6, 6.07) is 9.45. The van der Waals surface area contributed by atoms with E-state index < -0.39 is 23.2 Å². The second-order valence-electron chi connectivity index (χ2n) is 4.91. The van der Waals surface area contributed by atoms with Crippen molar-refractivity contribution in [1.29, 1.82) is 0 Å². The number of hydrogen-bond acceptors (Lipinski definition) is 5. The Morgan fingerprint density at radius 2 is 1.92 bits per heavy atom. The number of ether oxygens (including phenoxy) is 1. The van der Waals surface area contributed by atoms with E-state index in [9.17, 15) is 19.2 Å². The highest BCUT2D eigenvalue weighted by Gasteiger charge is 2.16. The molecule has 0 unspecified atom stereocenters. The zero-order valence-corrected chi connectivity index (χ0v) is 13.1. The van der Waals surface area contributed by atoms with E-state index in [-0.39, 0.29) is 18.7 Å². The normalized spacial score (nSPS) is 10.2. The first-order chi connectivity index (χ1) is 11.5. The van der Waals surface area contributed by atoms with Crippen molar-refractivity contribution in [2.75, 3.05) is 6.61 Å². The van der Waals surface area contributed by atoms with Crippen LogP contribution in [0.25, 0.3) is 0 Å². The number of amides is 2. The van der Waals surface area contributed by atoms with Gasteiger partial charge in [0.25, 0.3) is 11.5 Å². The molecule has 0 saturated heterocycles. The van der Waals surface area contributed by atoms with Gasteiger partial charge in [0, 0.05) is 12.7 Å². The quantitative estimate of drug-likeness (QED) is 0.836. The van der Waals surface area contributed by atoms with Crippen LogP contribution in [0.5, 0.6) is 0 Å². The number of benzene rings is 1. The van der Waals surface area contributed by atoms with Gasteiger partial charge >= 0.3 is 11.8 Å². The van der Waals surface area contributed by atoms with Gasteiger partial charge in [-0.15, -0.1) is 0 Å². The van der Waals surface area contributed by atoms with E-state index in [4.69, 9.17) is 0 Å². The lowest BCUT2D eigenvalue weighted by Crippen LogP contribution is -2.39. The average Bonchev–Trinajstić information content (AvgIpc) is 2.55. The molecule has 0 radical (unpaired) electrons. The van der Waals surface area contributed by atoms with Crippen LogP contribution in [0.15, 0.2) is 46.1 Å². The van der Waals surface area contributed by atoms with E-state index in [1.54, 1.807) is 6.92 Å². The first-order valence-electron chi connectivity index (χ1n) is 7.37. The van der Waals surface area contributed by atoms with Crippen LogP contribution in [0.4, 0.5) is 4.79 Å². The number of H-pyrrole nitrogens is 1. The lowest BCUT2D eigenvalue weighted by atomic mass is 10.1. The molecule has 2 aromatic rings. The highest BCUT2D eigenvalue weighted by atomic mass is 16.5. The number of alkyl carbamates (subject to hydrolysis) is 1. The second-order valence-corrected chi connectivity index (χ2v) is 4.91. The van der Waals surface area contributed by atoms with E-state index in [0.717, 1.165) is 11.8 Å². The molecule has 2 amide bonds. The summed E-state index contributed by atoms with van der Waals surface area (Å²) in [6.07, 6.45) is 0.730. The first-order valence-corrected chi connectivity index (χ1v) is 7.37. The zero-order chi connectivity index (χ0) is 17.5. The summed E-state index contributed by atoms with van der Waals surface area (Å²) in [5, 5.41) is 1.92. The van der Waals surface area contributed by atoms with Crippen molar-refractivity contribution in [3.63, 3.8) is 0 Å². The number of aryl methyl sites for hydroxylation is 2. The number of aromatic amines is 1. The topological polar surface area (TPSA) is 110 Å². The maximum atomic E-state index is 11.9. The summed E-state index contributed by atoms with van der Waals surface area (Å²) < 4.78 is 5.80. The third-order valence-corrected chi connectivity index (χ3v) is 3.23. The van der Waals surface area contributed by atoms with E-state index >= 15 is 0 Å². The molecule has 1 aromatic carbocycles. The fraction of sp³-hybridized carbons (Fsp3) is 0.250. The van der Waals surface area contributed by atoms with Crippen molar-refractivity contribution in [2.24, 2.45) is 0 Å². The number of rotatable bonds is 5. The lowest BCUT2D eigenvalue weighted by molar-refractivity contribution is 0.0922. The number of nitrogens with one attached hydrogen (secondary N) is 2. The van der Waals surface area contributed by atoms with Gasteiger partial charge in [-0.1, -0.05) is 30.3 Å². The highest BCUT2D eigenvalue weighted by Crippen LogP contribution is 2.01. The van der Waals surface area contributed by atoms with Crippen LogP contribution < -0.4 is 16.6 Å². The van der Waals surface area contributed by atoms with E-state index in [0.29, 0.717) is 6.42 Å². The van der Waals surface area contributed by atoms with Crippen LogP contribution in [0.1, 0.15) is 22.8 Å². The molecule has 126 valence electrons. The van der Waals surface area contributed by atoms with Gasteiger partial charge in [0.1, 0.15) is 5.56 Å². The number of carbonyl (C=O) groups is 2. The molecule has 24 heavy (non-hydrogen) atoms. The Balaban J connectivity index is 2.18. The number of hydrogen-bond donors (Lipinski definition) is 2. The van der Waals surface area contributed by atoms with Crippen molar-refractivity contribution in [1.82, 2.24) is 14.9 Å². The standard InChI is InChI=1S/C16H17N3O5/c1-2-24-16(23)18-14(21)12-10-19(15(22)17-13(12)20)9-8-11-6-4-3-5-7-11/h3-7,10H,2,8-9H2,1H3,(H,17,20,22)(H,18,21,23). The minimum atomic E-state index is -0.955. The minimum absolute atomic E-state index is 0.0893. The van der Waals surface area contributed by atoms with E-state index in [1.807, 2.05) is 35.6 Å². The third-order valence-electron chi connectivity index (χ3n) is 3.23. The maximum Gasteiger partial charge on any atom is 0.414 e.